The van der Waals surface area contributed by atoms with Crippen LogP contribution in [-0.4, -0.2) is 26.6 Å². The number of rotatable bonds is 8. The van der Waals surface area contributed by atoms with Crippen LogP contribution in [0.25, 0.3) is 0 Å². The van der Waals surface area contributed by atoms with E-state index in [1.165, 1.54) is 15.4 Å². The summed E-state index contributed by atoms with van der Waals surface area (Å²) in [5.41, 5.74) is 4.84. The van der Waals surface area contributed by atoms with Crippen LogP contribution in [0.2, 0.25) is 0 Å². The molecule has 0 radical (unpaired) electrons. The van der Waals surface area contributed by atoms with Gasteiger partial charge in [0.25, 0.3) is 0 Å². The van der Waals surface area contributed by atoms with Crippen LogP contribution in [0.5, 0.6) is 0 Å². The van der Waals surface area contributed by atoms with E-state index in [2.05, 4.69) is 18.3 Å². The maximum absolute atomic E-state index is 13.2. The van der Waals surface area contributed by atoms with Crippen molar-refractivity contribution in [3.63, 3.8) is 0 Å². The van der Waals surface area contributed by atoms with Crippen molar-refractivity contribution in [2.45, 2.75) is 59.5 Å². The SMILES string of the molecule is CC[C@H](NC(=O)[C@@H](CC)N(c1cccc(C)c1)S(C)(=O)=O)c1ccc(C)c(C)c1. The van der Waals surface area contributed by atoms with E-state index in [0.717, 1.165) is 17.4 Å². The molecule has 0 heterocycles. The number of nitrogens with one attached hydrogen (secondary N) is 1. The molecule has 5 nitrogen and oxygen atoms in total. The van der Waals surface area contributed by atoms with E-state index < -0.39 is 16.1 Å². The minimum atomic E-state index is -3.64. The Morgan fingerprint density at radius 2 is 1.69 bits per heavy atom. The van der Waals surface area contributed by atoms with Gasteiger partial charge in [-0.1, -0.05) is 44.2 Å². The van der Waals surface area contributed by atoms with Crippen molar-refractivity contribution in [2.75, 3.05) is 10.6 Å². The number of carbonyl (C=O) groups is 1. The van der Waals surface area contributed by atoms with Crippen LogP contribution in [0.3, 0.4) is 0 Å². The number of hydrogen-bond acceptors (Lipinski definition) is 3. The summed E-state index contributed by atoms with van der Waals surface area (Å²) >= 11 is 0. The van der Waals surface area contributed by atoms with Gasteiger partial charge in [-0.15, -0.1) is 0 Å². The number of carbonyl (C=O) groups excluding carboxylic acids is 1. The van der Waals surface area contributed by atoms with Gasteiger partial charge in [0.15, 0.2) is 0 Å². The molecule has 158 valence electrons. The predicted molar refractivity (Wildman–Crippen MR) is 120 cm³/mol. The van der Waals surface area contributed by atoms with Crippen LogP contribution in [0, 0.1) is 20.8 Å². The Morgan fingerprint density at radius 1 is 1.00 bits per heavy atom. The molecular formula is C23H32N2O3S. The molecule has 0 aliphatic rings. The molecular weight excluding hydrogens is 384 g/mol. The first-order valence-electron chi connectivity index (χ1n) is 10.0. The molecule has 0 saturated heterocycles. The van der Waals surface area contributed by atoms with E-state index in [4.69, 9.17) is 0 Å². The molecule has 2 aromatic rings. The van der Waals surface area contributed by atoms with Crippen molar-refractivity contribution < 1.29 is 13.2 Å². The van der Waals surface area contributed by atoms with E-state index >= 15 is 0 Å². The van der Waals surface area contributed by atoms with Crippen molar-refractivity contribution in [3.05, 3.63) is 64.7 Å². The van der Waals surface area contributed by atoms with Crippen molar-refractivity contribution in [1.29, 1.82) is 0 Å². The largest absolute Gasteiger partial charge is 0.347 e. The van der Waals surface area contributed by atoms with Gasteiger partial charge in [-0.2, -0.15) is 0 Å². The molecule has 0 spiro atoms. The van der Waals surface area contributed by atoms with E-state index in [0.29, 0.717) is 18.5 Å². The second kappa shape index (κ2) is 9.44. The first-order chi connectivity index (χ1) is 13.6. The first kappa shape index (κ1) is 22.9. The van der Waals surface area contributed by atoms with E-state index in [9.17, 15) is 13.2 Å². The van der Waals surface area contributed by atoms with E-state index in [1.807, 2.05) is 45.9 Å². The minimum absolute atomic E-state index is 0.172. The molecule has 0 bridgehead atoms. The lowest BCUT2D eigenvalue weighted by atomic mass is 9.99. The number of hydrogen-bond donors (Lipinski definition) is 1. The second-order valence-electron chi connectivity index (χ2n) is 7.63. The molecule has 2 atom stereocenters. The maximum Gasteiger partial charge on any atom is 0.244 e. The van der Waals surface area contributed by atoms with Crippen LogP contribution in [0.1, 0.15) is 55.0 Å². The fraction of sp³-hybridized carbons (Fsp3) is 0.435. The van der Waals surface area contributed by atoms with Crippen molar-refractivity contribution in [3.8, 4) is 0 Å². The fourth-order valence-electron chi connectivity index (χ4n) is 3.50. The van der Waals surface area contributed by atoms with Gasteiger partial charge in [0.1, 0.15) is 6.04 Å². The minimum Gasteiger partial charge on any atom is -0.347 e. The quantitative estimate of drug-likeness (QED) is 0.692. The molecule has 0 aromatic heterocycles. The highest BCUT2D eigenvalue weighted by Gasteiger charge is 2.32. The molecule has 6 heteroatoms. The van der Waals surface area contributed by atoms with Crippen LogP contribution in [0.4, 0.5) is 5.69 Å². The third-order valence-electron chi connectivity index (χ3n) is 5.24. The molecule has 0 saturated carbocycles. The van der Waals surface area contributed by atoms with Crippen molar-refractivity contribution in [2.24, 2.45) is 0 Å². The van der Waals surface area contributed by atoms with Gasteiger partial charge in [-0.3, -0.25) is 9.10 Å². The molecule has 2 aromatic carbocycles. The van der Waals surface area contributed by atoms with Gasteiger partial charge in [0.05, 0.1) is 18.0 Å². The molecule has 0 unspecified atom stereocenters. The lowest BCUT2D eigenvalue weighted by Crippen LogP contribution is -2.50. The number of benzene rings is 2. The zero-order valence-corrected chi connectivity index (χ0v) is 19.0. The Morgan fingerprint density at radius 3 is 2.21 bits per heavy atom. The van der Waals surface area contributed by atoms with Crippen molar-refractivity contribution >= 4 is 21.6 Å². The summed E-state index contributed by atoms with van der Waals surface area (Å²) in [4.78, 5) is 13.2. The zero-order valence-electron chi connectivity index (χ0n) is 18.2. The molecule has 0 aliphatic heterocycles. The highest BCUT2D eigenvalue weighted by Crippen LogP contribution is 2.25. The third kappa shape index (κ3) is 5.60. The summed E-state index contributed by atoms with van der Waals surface area (Å²) in [7, 11) is -3.64. The molecule has 29 heavy (non-hydrogen) atoms. The standard InChI is InChI=1S/C23H32N2O3S/c1-7-21(19-13-12-17(4)18(5)15-19)24-23(26)22(8-2)25(29(6,27)28)20-11-9-10-16(3)14-20/h9-15,21-22H,7-8H2,1-6H3,(H,24,26)/t21-,22+/m0/s1. The highest BCUT2D eigenvalue weighted by atomic mass is 32.2. The molecule has 0 aliphatic carbocycles. The van der Waals surface area contributed by atoms with Crippen LogP contribution >= 0.6 is 0 Å². The normalized spacial score (nSPS) is 13.6. The third-order valence-corrected chi connectivity index (χ3v) is 6.42. The summed E-state index contributed by atoms with van der Waals surface area (Å²) < 4.78 is 26.4. The van der Waals surface area contributed by atoms with Crippen LogP contribution in [0.15, 0.2) is 42.5 Å². The summed E-state index contributed by atoms with van der Waals surface area (Å²) in [5.74, 6) is -0.287. The number of anilines is 1. The van der Waals surface area contributed by atoms with Crippen molar-refractivity contribution in [1.82, 2.24) is 5.32 Å². The number of amides is 1. The second-order valence-corrected chi connectivity index (χ2v) is 9.49. The van der Waals surface area contributed by atoms with E-state index in [-0.39, 0.29) is 11.9 Å². The molecule has 0 fully saturated rings. The van der Waals surface area contributed by atoms with Crippen LogP contribution in [-0.2, 0) is 14.8 Å². The average Bonchev–Trinajstić information content (AvgIpc) is 2.65. The summed E-state index contributed by atoms with van der Waals surface area (Å²) in [6.07, 6.45) is 2.23. The Kier molecular flexibility index (Phi) is 7.47. The number of nitrogens with zero attached hydrogens (tertiary/aromatic N) is 1. The lowest BCUT2D eigenvalue weighted by Gasteiger charge is -2.31. The highest BCUT2D eigenvalue weighted by molar-refractivity contribution is 7.92. The Labute approximate surface area is 175 Å². The van der Waals surface area contributed by atoms with Gasteiger partial charge in [0.2, 0.25) is 15.9 Å². The Balaban J connectivity index is 2.36. The zero-order chi connectivity index (χ0) is 21.8. The van der Waals surface area contributed by atoms with Crippen LogP contribution < -0.4 is 9.62 Å². The fourth-order valence-corrected chi connectivity index (χ4v) is 4.70. The number of aryl methyl sites for hydroxylation is 3. The van der Waals surface area contributed by atoms with E-state index in [1.54, 1.807) is 18.2 Å². The average molecular weight is 417 g/mol. The predicted octanol–water partition coefficient (Wildman–Crippen LogP) is 4.42. The monoisotopic (exact) mass is 416 g/mol. The van der Waals surface area contributed by atoms with Gasteiger partial charge in [-0.25, -0.2) is 8.42 Å². The molecule has 1 amide bonds. The Bertz CT molecular complexity index is 970. The summed E-state index contributed by atoms with van der Waals surface area (Å²) in [6, 6.07) is 12.4. The number of sulfonamides is 1. The summed E-state index contributed by atoms with van der Waals surface area (Å²) in [5, 5.41) is 3.07. The summed E-state index contributed by atoms with van der Waals surface area (Å²) in [6.45, 7) is 9.84. The maximum atomic E-state index is 13.2. The first-order valence-corrected chi connectivity index (χ1v) is 11.9. The lowest BCUT2D eigenvalue weighted by molar-refractivity contribution is -0.123. The van der Waals surface area contributed by atoms with Gasteiger partial charge in [-0.05, 0) is 68.0 Å². The molecule has 2 rings (SSSR count). The smallest absolute Gasteiger partial charge is 0.244 e. The topological polar surface area (TPSA) is 66.5 Å². The Hall–Kier alpha value is -2.34. The van der Waals surface area contributed by atoms with Gasteiger partial charge in [0, 0.05) is 0 Å². The molecule has 1 N–H and O–H groups in total. The van der Waals surface area contributed by atoms with Gasteiger partial charge >= 0.3 is 0 Å². The van der Waals surface area contributed by atoms with Gasteiger partial charge < -0.3 is 5.32 Å².